The van der Waals surface area contributed by atoms with Gasteiger partial charge >= 0.3 is 11.9 Å². The maximum Gasteiger partial charge on any atom is 0.357 e. The van der Waals surface area contributed by atoms with Crippen molar-refractivity contribution in [2.24, 2.45) is 4.99 Å². The zero-order valence-corrected chi connectivity index (χ0v) is 78.1. The third-order valence-corrected chi connectivity index (χ3v) is 27.8. The van der Waals surface area contributed by atoms with Crippen LogP contribution in [0.25, 0.3) is 20.4 Å². The van der Waals surface area contributed by atoms with Crippen molar-refractivity contribution in [2.45, 2.75) is 162 Å². The van der Waals surface area contributed by atoms with Crippen molar-refractivity contribution in [3.8, 4) is 11.5 Å². The molecule has 0 atom stereocenters. The molecule has 0 saturated carbocycles. The van der Waals surface area contributed by atoms with Crippen LogP contribution in [0, 0.1) is 0 Å². The van der Waals surface area contributed by atoms with E-state index in [0.29, 0.717) is 153 Å². The van der Waals surface area contributed by atoms with Gasteiger partial charge in [0.25, 0.3) is 23.6 Å². The van der Waals surface area contributed by atoms with Crippen LogP contribution in [0.1, 0.15) is 150 Å². The molecule has 4 aromatic heterocycles. The zero-order chi connectivity index (χ0) is 88.0. The Hall–Kier alpha value is -10.3. The first-order chi connectivity index (χ1) is 59.2. The molecule has 24 nitrogen and oxygen atoms in total. The maximum atomic E-state index is 14.7. The van der Waals surface area contributed by atoms with Gasteiger partial charge in [0.1, 0.15) is 47.8 Å². The summed E-state index contributed by atoms with van der Waals surface area (Å²) in [5.41, 5.74) is 9.00. The molecule has 2 saturated heterocycles. The fourth-order valence-corrected chi connectivity index (χ4v) is 18.6. The van der Waals surface area contributed by atoms with Gasteiger partial charge in [-0.3, -0.25) is 28.6 Å². The lowest BCUT2D eigenvalue weighted by atomic mass is 9.94. The van der Waals surface area contributed by atoms with Crippen LogP contribution in [0.15, 0.2) is 163 Å². The molecule has 0 N–H and O–H groups in total. The molecule has 0 aliphatic carbocycles. The topological polar surface area (TPSA) is 236 Å². The number of rotatable bonds is 29. The van der Waals surface area contributed by atoms with Crippen LogP contribution in [0.5, 0.6) is 11.5 Å². The molecule has 656 valence electrons. The summed E-state index contributed by atoms with van der Waals surface area (Å²) < 4.78 is 40.2. The number of fused-ring (bicyclic) bond motifs is 4. The van der Waals surface area contributed by atoms with E-state index in [-0.39, 0.29) is 41.7 Å². The highest BCUT2D eigenvalue weighted by atomic mass is 32.1. The third-order valence-electron chi connectivity index (χ3n) is 22.2. The Morgan fingerprint density at radius 3 is 1.44 bits per heavy atom. The number of pyridine rings is 2. The lowest BCUT2D eigenvalue weighted by Crippen LogP contribution is -2.47. The number of anilines is 3. The second-order valence-electron chi connectivity index (χ2n) is 36.8. The fourth-order valence-electron chi connectivity index (χ4n) is 15.1. The van der Waals surface area contributed by atoms with E-state index in [1.807, 2.05) is 202 Å². The molecule has 124 heavy (non-hydrogen) atoms. The first kappa shape index (κ1) is 91.4. The van der Waals surface area contributed by atoms with Crippen molar-refractivity contribution in [3.05, 3.63) is 230 Å². The van der Waals surface area contributed by atoms with Crippen LogP contribution < -0.4 is 29.0 Å². The number of thiazole rings is 2. The largest absolute Gasteiger partial charge is 0.494 e. The van der Waals surface area contributed by atoms with Crippen molar-refractivity contribution in [2.75, 3.05) is 127 Å². The number of carbonyl (C=O) groups is 6. The number of esters is 2. The summed E-state index contributed by atoms with van der Waals surface area (Å²) in [7, 11) is 1.53. The standard InChI is InChI=1S/2C48H60N6O6SSi/c1-48(2,3)60-46(57)43-35(13-11-29-59-37-20-17-36(18-21-37)45(56)52-27-25-51(4)26-28-52)19-22-42(49-43)53-24-23-34-12-10-14-38(39(34)32-53)44(55)50-47-54(33-58-30-31-62(5,6)7)40-15-8-9-16-41(40)61-47;1-48(2,3)60-46(57)43-35(13-11-29-59-37-20-17-36(18-21-37)44(55)52-27-25-51(4)26-28-52)19-22-42(50-43)53-24-23-34-12-10-14-38(39(34)32-53)45(56)54(33-58-30-31-62(5,6)7)47-49-40-15-8-9-16-41(40)61-47/h2*8-10,12,14-22H,11,13,23-33H2,1-7H3. The second-order valence-corrected chi connectivity index (χ2v) is 50.1. The summed E-state index contributed by atoms with van der Waals surface area (Å²) in [6.45, 7) is 36.1. The highest BCUT2D eigenvalue weighted by molar-refractivity contribution is 7.22. The Morgan fingerprint density at radius 2 is 0.952 bits per heavy atom. The van der Waals surface area contributed by atoms with Gasteiger partial charge in [0.05, 0.1) is 33.6 Å². The molecule has 2 fully saturated rings. The summed E-state index contributed by atoms with van der Waals surface area (Å²) in [6, 6.07) is 52.2. The highest BCUT2D eigenvalue weighted by Crippen LogP contribution is 2.35. The number of hydrogen-bond donors (Lipinski definition) is 0. The van der Waals surface area contributed by atoms with Gasteiger partial charge in [-0.15, -0.1) is 0 Å². The molecular formula is C96H120N12O12S2Si2. The molecule has 0 bridgehead atoms. The molecule has 28 heteroatoms. The molecule has 14 rings (SSSR count). The maximum absolute atomic E-state index is 14.7. The first-order valence-electron chi connectivity index (χ1n) is 43.3. The minimum absolute atomic E-state index is 0.0406. The number of carbonyl (C=O) groups excluding carboxylic acids is 6. The monoisotopic (exact) mass is 1750 g/mol. The number of amides is 4. The molecule has 0 unspecified atom stereocenters. The van der Waals surface area contributed by atoms with E-state index in [0.717, 1.165) is 118 Å². The molecule has 4 amide bonds. The molecule has 4 aliphatic rings. The summed E-state index contributed by atoms with van der Waals surface area (Å²) >= 11 is 2.97. The average molecular weight is 1750 g/mol. The van der Waals surface area contributed by atoms with Gasteiger partial charge in [0.2, 0.25) is 0 Å². The second kappa shape index (κ2) is 40.8. The van der Waals surface area contributed by atoms with Gasteiger partial charge in [0, 0.05) is 130 Å². The minimum Gasteiger partial charge on any atom is -0.494 e. The van der Waals surface area contributed by atoms with Gasteiger partial charge < -0.3 is 57.8 Å². The molecule has 0 spiro atoms. The number of aryl methyl sites for hydroxylation is 2. The molecule has 8 heterocycles. The summed E-state index contributed by atoms with van der Waals surface area (Å²) in [4.78, 5) is 116. The lowest BCUT2D eigenvalue weighted by Gasteiger charge is -2.32. The molecular weight excluding hydrogens is 1630 g/mol. The minimum atomic E-state index is -1.34. The molecule has 0 radical (unpaired) electrons. The average Bonchev–Trinajstić information content (AvgIpc) is 1.39. The number of para-hydroxylation sites is 2. The van der Waals surface area contributed by atoms with E-state index in [9.17, 15) is 28.8 Å². The van der Waals surface area contributed by atoms with E-state index in [4.69, 9.17) is 48.4 Å². The van der Waals surface area contributed by atoms with Crippen LogP contribution in [0.3, 0.4) is 0 Å². The number of hydrogen-bond acceptors (Lipinski definition) is 21. The predicted octanol–water partition coefficient (Wildman–Crippen LogP) is 16.6. The Balaban J connectivity index is 0.000000213. The summed E-state index contributed by atoms with van der Waals surface area (Å²) in [6.07, 6.45) is 3.77. The molecule has 4 aliphatic heterocycles. The normalized spacial score (nSPS) is 15.0. The Morgan fingerprint density at radius 1 is 0.484 bits per heavy atom. The number of piperazine rings is 2. The van der Waals surface area contributed by atoms with Gasteiger partial charge in [0.15, 0.2) is 21.3 Å². The Labute approximate surface area is 739 Å². The number of benzene rings is 6. The van der Waals surface area contributed by atoms with Crippen molar-refractivity contribution >= 4 is 112 Å². The number of nitrogens with zero attached hydrogens (tertiary/aromatic N) is 12. The van der Waals surface area contributed by atoms with Crippen molar-refractivity contribution in [3.63, 3.8) is 0 Å². The summed E-state index contributed by atoms with van der Waals surface area (Å²) in [5, 5.41) is 0.602. The number of ether oxygens (including phenoxy) is 6. The van der Waals surface area contributed by atoms with E-state index in [2.05, 4.69) is 85.1 Å². The van der Waals surface area contributed by atoms with Crippen LogP contribution in [-0.2, 0) is 64.5 Å². The van der Waals surface area contributed by atoms with Crippen molar-refractivity contribution in [1.82, 2.24) is 39.1 Å². The zero-order valence-electron chi connectivity index (χ0n) is 74.5. The quantitative estimate of drug-likeness (QED) is 0.0183. The lowest BCUT2D eigenvalue weighted by molar-refractivity contribution is 0.00491. The Bertz CT molecular complexity index is 5470. The van der Waals surface area contributed by atoms with Gasteiger partial charge in [-0.05, 0) is 237 Å². The number of likely N-dealkylation sites (N-methyl/N-ethyl adjacent to an activating group) is 2. The van der Waals surface area contributed by atoms with Crippen LogP contribution >= 0.6 is 22.7 Å². The Kier molecular flexibility index (Phi) is 30.1. The van der Waals surface area contributed by atoms with E-state index >= 15 is 0 Å². The molecule has 10 aromatic rings. The fraction of sp³-hybridized carbons (Fsp3) is 0.438. The highest BCUT2D eigenvalue weighted by Gasteiger charge is 2.33. The van der Waals surface area contributed by atoms with Gasteiger partial charge in [-0.25, -0.2) is 24.5 Å². The van der Waals surface area contributed by atoms with Crippen molar-refractivity contribution < 1.29 is 57.2 Å². The number of aromatic nitrogens is 4. The molecule has 6 aromatic carbocycles. The van der Waals surface area contributed by atoms with E-state index in [1.54, 1.807) is 4.90 Å². The SMILES string of the molecule is CN1CCN(C(=O)c2ccc(OCCCc3ccc(N4CCc5cccc(C(=O)N(COCC[Si](C)(C)C)c6nc7ccccc7s6)c5C4)nc3C(=O)OC(C)(C)C)cc2)CC1.CN1CCN(C(=O)c2ccc(OCCCc3ccc(N4CCc5cccc(C(=O)N=c6sc7ccccc7n6COCC[Si](C)(C)C)c5C4)nc3C(=O)OC(C)(C)C)cc2)CC1. The predicted molar refractivity (Wildman–Crippen MR) is 498 cm³/mol. The smallest absolute Gasteiger partial charge is 0.357 e. The van der Waals surface area contributed by atoms with Crippen molar-refractivity contribution in [1.29, 1.82) is 0 Å². The van der Waals surface area contributed by atoms with Gasteiger partial charge in [-0.2, -0.15) is 4.99 Å². The summed E-state index contributed by atoms with van der Waals surface area (Å²) in [5.74, 6) is 1.30. The van der Waals surface area contributed by atoms with Crippen LogP contribution in [-0.4, -0.2) is 215 Å². The van der Waals surface area contributed by atoms with E-state index in [1.165, 1.54) is 22.7 Å². The van der Waals surface area contributed by atoms with Crippen LogP contribution in [0.4, 0.5) is 16.8 Å². The first-order valence-corrected chi connectivity index (χ1v) is 52.4. The third kappa shape index (κ3) is 24.6. The van der Waals surface area contributed by atoms with E-state index < -0.39 is 39.3 Å². The van der Waals surface area contributed by atoms with Gasteiger partial charge in [-0.1, -0.05) is 123 Å². The van der Waals surface area contributed by atoms with Crippen LogP contribution in [0.2, 0.25) is 51.4 Å².